The van der Waals surface area contributed by atoms with Gasteiger partial charge in [0.1, 0.15) is 11.7 Å². The molecule has 1 N–H and O–H groups in total. The number of nitrogens with one attached hydrogen (secondary N) is 1. The van der Waals surface area contributed by atoms with Crippen LogP contribution < -0.4 is 5.32 Å². The number of ether oxygens (including phenoxy) is 1. The first kappa shape index (κ1) is 17.5. The van der Waals surface area contributed by atoms with Crippen LogP contribution in [0.2, 0.25) is 0 Å². The van der Waals surface area contributed by atoms with Crippen molar-refractivity contribution < 1.29 is 22.1 Å². The van der Waals surface area contributed by atoms with E-state index in [2.05, 4.69) is 5.32 Å². The van der Waals surface area contributed by atoms with E-state index in [0.717, 1.165) is 6.26 Å². The fourth-order valence-corrected chi connectivity index (χ4v) is 2.18. The summed E-state index contributed by atoms with van der Waals surface area (Å²) in [7, 11) is -3.65. The number of hydrogen-bond acceptors (Lipinski definition) is 5. The Morgan fingerprint density at radius 3 is 2.29 bits per heavy atom. The molecule has 118 valence electrons. The Kier molecular flexibility index (Phi) is 5.74. The van der Waals surface area contributed by atoms with E-state index in [-0.39, 0.29) is 6.54 Å². The third kappa shape index (κ3) is 7.67. The van der Waals surface area contributed by atoms with Gasteiger partial charge in [0.05, 0.1) is 12.8 Å². The van der Waals surface area contributed by atoms with Crippen molar-refractivity contribution in [3.05, 3.63) is 35.9 Å². The van der Waals surface area contributed by atoms with Crippen LogP contribution in [0, 0.1) is 0 Å². The summed E-state index contributed by atoms with van der Waals surface area (Å²) in [6, 6.07) is 8.80. The number of hydrogen-bond donors (Lipinski definition) is 1. The van der Waals surface area contributed by atoms with Gasteiger partial charge in [0.25, 0.3) is 10.1 Å². The second-order valence-corrected chi connectivity index (χ2v) is 7.18. The Bertz CT molecular complexity index is 563. The molecule has 0 fully saturated rings. The number of carbonyl (C=O) groups is 1. The van der Waals surface area contributed by atoms with Crippen LogP contribution in [0.4, 0.5) is 4.79 Å². The van der Waals surface area contributed by atoms with Gasteiger partial charge in [-0.25, -0.2) is 4.79 Å². The molecule has 0 unspecified atom stereocenters. The van der Waals surface area contributed by atoms with Crippen molar-refractivity contribution in [1.82, 2.24) is 5.32 Å². The highest BCUT2D eigenvalue weighted by Crippen LogP contribution is 2.18. The third-order valence-corrected chi connectivity index (χ3v) is 2.87. The minimum absolute atomic E-state index is 0.00794. The standard InChI is InChI=1S/C14H21NO5S/c1-14(2,3)19-13(16)15-10-12(20-21(4,17)18)11-8-6-5-7-9-11/h5-9,12H,10H2,1-4H3,(H,15,16)/t12-/m0/s1. The van der Waals surface area contributed by atoms with Gasteiger partial charge in [-0.1, -0.05) is 30.3 Å². The van der Waals surface area contributed by atoms with E-state index in [1.807, 2.05) is 6.07 Å². The zero-order valence-electron chi connectivity index (χ0n) is 12.6. The van der Waals surface area contributed by atoms with Gasteiger partial charge in [-0.15, -0.1) is 0 Å². The van der Waals surface area contributed by atoms with Gasteiger partial charge in [0.2, 0.25) is 0 Å². The molecule has 0 aliphatic carbocycles. The maximum atomic E-state index is 11.6. The van der Waals surface area contributed by atoms with Crippen LogP contribution >= 0.6 is 0 Å². The van der Waals surface area contributed by atoms with Crippen LogP contribution in [0.1, 0.15) is 32.4 Å². The van der Waals surface area contributed by atoms with E-state index in [1.165, 1.54) is 0 Å². The van der Waals surface area contributed by atoms with E-state index in [4.69, 9.17) is 8.92 Å². The van der Waals surface area contributed by atoms with Gasteiger partial charge in [-0.2, -0.15) is 8.42 Å². The van der Waals surface area contributed by atoms with Crippen LogP contribution in [0.5, 0.6) is 0 Å². The molecule has 0 heterocycles. The van der Waals surface area contributed by atoms with Crippen molar-refractivity contribution in [3.8, 4) is 0 Å². The van der Waals surface area contributed by atoms with E-state index in [0.29, 0.717) is 5.56 Å². The molecule has 7 heteroatoms. The fourth-order valence-electron chi connectivity index (χ4n) is 1.58. The molecule has 0 aliphatic rings. The Hall–Kier alpha value is -1.60. The zero-order valence-corrected chi connectivity index (χ0v) is 13.4. The van der Waals surface area contributed by atoms with Gasteiger partial charge in [-0.3, -0.25) is 4.18 Å². The second-order valence-electron chi connectivity index (χ2n) is 5.58. The summed E-state index contributed by atoms with van der Waals surface area (Å²) in [4.78, 5) is 11.6. The molecular formula is C14H21NO5S. The highest BCUT2D eigenvalue weighted by Gasteiger charge is 2.21. The lowest BCUT2D eigenvalue weighted by Gasteiger charge is -2.22. The predicted octanol–water partition coefficient (Wildman–Crippen LogP) is 2.23. The molecule has 0 saturated heterocycles. The lowest BCUT2D eigenvalue weighted by molar-refractivity contribution is 0.0502. The van der Waals surface area contributed by atoms with Crippen LogP contribution in [0.3, 0.4) is 0 Å². The van der Waals surface area contributed by atoms with E-state index < -0.39 is 27.9 Å². The van der Waals surface area contributed by atoms with Crippen molar-refractivity contribution in [2.75, 3.05) is 12.8 Å². The molecule has 1 aromatic carbocycles. The quantitative estimate of drug-likeness (QED) is 0.843. The molecule has 1 atom stereocenters. The Morgan fingerprint density at radius 2 is 1.81 bits per heavy atom. The summed E-state index contributed by atoms with van der Waals surface area (Å²) in [6.45, 7) is 5.22. The van der Waals surface area contributed by atoms with Gasteiger partial charge < -0.3 is 10.1 Å². The lowest BCUT2D eigenvalue weighted by atomic mass is 10.1. The molecule has 21 heavy (non-hydrogen) atoms. The van der Waals surface area contributed by atoms with Crippen LogP contribution in [0.25, 0.3) is 0 Å². The first-order chi connectivity index (χ1) is 9.57. The summed E-state index contributed by atoms with van der Waals surface area (Å²) < 4.78 is 32.7. The number of rotatable bonds is 5. The van der Waals surface area contributed by atoms with Crippen LogP contribution in [-0.4, -0.2) is 32.9 Å². The first-order valence-electron chi connectivity index (χ1n) is 6.47. The maximum absolute atomic E-state index is 11.6. The summed E-state index contributed by atoms with van der Waals surface area (Å²) in [5.74, 6) is 0. The highest BCUT2D eigenvalue weighted by molar-refractivity contribution is 7.86. The number of carbonyl (C=O) groups excluding carboxylic acids is 1. The molecule has 0 aromatic heterocycles. The van der Waals surface area contributed by atoms with Crippen molar-refractivity contribution >= 4 is 16.2 Å². The normalized spacial score (nSPS) is 13.5. The monoisotopic (exact) mass is 315 g/mol. The average Bonchev–Trinajstić information content (AvgIpc) is 2.32. The van der Waals surface area contributed by atoms with E-state index >= 15 is 0 Å². The fraction of sp³-hybridized carbons (Fsp3) is 0.500. The SMILES string of the molecule is CC(C)(C)OC(=O)NC[C@H](OS(C)(=O)=O)c1ccccc1. The zero-order chi connectivity index (χ0) is 16.1. The molecule has 1 aromatic rings. The summed E-state index contributed by atoms with van der Waals surface area (Å²) in [6.07, 6.45) is -0.453. The topological polar surface area (TPSA) is 81.7 Å². The Balaban J connectivity index is 2.73. The number of benzene rings is 1. The highest BCUT2D eigenvalue weighted by atomic mass is 32.2. The van der Waals surface area contributed by atoms with Crippen molar-refractivity contribution in [3.63, 3.8) is 0 Å². The number of alkyl carbamates (subject to hydrolysis) is 1. The summed E-state index contributed by atoms with van der Waals surface area (Å²) in [5.41, 5.74) is 0.0308. The summed E-state index contributed by atoms with van der Waals surface area (Å²) in [5, 5.41) is 2.51. The smallest absolute Gasteiger partial charge is 0.407 e. The van der Waals surface area contributed by atoms with Crippen LogP contribution in [-0.2, 0) is 19.0 Å². The van der Waals surface area contributed by atoms with E-state index in [9.17, 15) is 13.2 Å². The minimum atomic E-state index is -3.65. The molecule has 0 aliphatic heterocycles. The Labute approximate surface area is 125 Å². The predicted molar refractivity (Wildman–Crippen MR) is 79.3 cm³/mol. The molecular weight excluding hydrogens is 294 g/mol. The Morgan fingerprint density at radius 1 is 1.24 bits per heavy atom. The average molecular weight is 315 g/mol. The number of amides is 1. The second kappa shape index (κ2) is 6.91. The largest absolute Gasteiger partial charge is 0.444 e. The van der Waals surface area contributed by atoms with Gasteiger partial charge in [-0.05, 0) is 26.3 Å². The lowest BCUT2D eigenvalue weighted by Crippen LogP contribution is -2.35. The van der Waals surface area contributed by atoms with Crippen molar-refractivity contribution in [2.24, 2.45) is 0 Å². The molecule has 1 rings (SSSR count). The minimum Gasteiger partial charge on any atom is -0.444 e. The molecule has 6 nitrogen and oxygen atoms in total. The molecule has 0 saturated carbocycles. The molecule has 0 bridgehead atoms. The van der Waals surface area contributed by atoms with E-state index in [1.54, 1.807) is 45.0 Å². The molecule has 0 spiro atoms. The first-order valence-corrected chi connectivity index (χ1v) is 8.28. The third-order valence-electron chi connectivity index (χ3n) is 2.29. The molecule has 0 radical (unpaired) electrons. The van der Waals surface area contributed by atoms with Gasteiger partial charge >= 0.3 is 6.09 Å². The van der Waals surface area contributed by atoms with Crippen LogP contribution in [0.15, 0.2) is 30.3 Å². The van der Waals surface area contributed by atoms with Crippen molar-refractivity contribution in [1.29, 1.82) is 0 Å². The maximum Gasteiger partial charge on any atom is 0.407 e. The summed E-state index contributed by atoms with van der Waals surface area (Å²) >= 11 is 0. The molecule has 1 amide bonds. The van der Waals surface area contributed by atoms with Crippen molar-refractivity contribution in [2.45, 2.75) is 32.5 Å². The van der Waals surface area contributed by atoms with Gasteiger partial charge in [0.15, 0.2) is 0 Å². The van der Waals surface area contributed by atoms with Gasteiger partial charge in [0, 0.05) is 0 Å².